The fourth-order valence-electron chi connectivity index (χ4n) is 1.88. The Morgan fingerprint density at radius 3 is 2.65 bits per heavy atom. The first-order chi connectivity index (χ1) is 8.09. The second-order valence-electron chi connectivity index (χ2n) is 4.00. The second kappa shape index (κ2) is 4.41. The number of aliphatic hydroxyl groups excluding tert-OH is 1. The van der Waals surface area contributed by atoms with Gasteiger partial charge in [-0.25, -0.2) is 0 Å². The van der Waals surface area contributed by atoms with Crippen LogP contribution < -0.4 is 5.73 Å². The summed E-state index contributed by atoms with van der Waals surface area (Å²) in [4.78, 5) is 15.9. The molecule has 2 rings (SSSR count). The van der Waals surface area contributed by atoms with Crippen molar-refractivity contribution in [2.45, 2.75) is 19.8 Å². The summed E-state index contributed by atoms with van der Waals surface area (Å²) in [5, 5.41) is 9.62. The Hall–Kier alpha value is -2.10. The van der Waals surface area contributed by atoms with Crippen molar-refractivity contribution in [3.05, 3.63) is 35.6 Å². The van der Waals surface area contributed by atoms with Gasteiger partial charge in [-0.2, -0.15) is 0 Å². The summed E-state index contributed by atoms with van der Waals surface area (Å²) < 4.78 is 0. The Kier molecular flexibility index (Phi) is 2.95. The van der Waals surface area contributed by atoms with Crippen molar-refractivity contribution in [1.29, 1.82) is 0 Å². The number of allylic oxidation sites excluding steroid dienone is 2. The van der Waals surface area contributed by atoms with Crippen LogP contribution in [0.25, 0.3) is 0 Å². The van der Waals surface area contributed by atoms with E-state index in [2.05, 4.69) is 4.99 Å². The average molecular weight is 230 g/mol. The van der Waals surface area contributed by atoms with Crippen molar-refractivity contribution in [1.82, 2.24) is 0 Å². The van der Waals surface area contributed by atoms with Gasteiger partial charge >= 0.3 is 0 Å². The first kappa shape index (κ1) is 11.4. The summed E-state index contributed by atoms with van der Waals surface area (Å²) in [6.07, 6.45) is 0.767. The van der Waals surface area contributed by atoms with Crippen LogP contribution in [0.2, 0.25) is 0 Å². The molecule has 0 atom stereocenters. The van der Waals surface area contributed by atoms with Crippen LogP contribution in [0, 0.1) is 0 Å². The van der Waals surface area contributed by atoms with E-state index in [1.165, 1.54) is 0 Å². The molecule has 17 heavy (non-hydrogen) atoms. The van der Waals surface area contributed by atoms with Crippen LogP contribution in [-0.4, -0.2) is 16.6 Å². The monoisotopic (exact) mass is 230 g/mol. The Morgan fingerprint density at radius 1 is 1.35 bits per heavy atom. The van der Waals surface area contributed by atoms with Gasteiger partial charge < -0.3 is 10.8 Å². The number of anilines is 1. The molecule has 4 nitrogen and oxygen atoms in total. The summed E-state index contributed by atoms with van der Waals surface area (Å²) >= 11 is 0. The molecule has 1 aromatic carbocycles. The van der Waals surface area contributed by atoms with Gasteiger partial charge in [0.1, 0.15) is 5.76 Å². The predicted molar refractivity (Wildman–Crippen MR) is 67.5 cm³/mol. The summed E-state index contributed by atoms with van der Waals surface area (Å²) in [7, 11) is 0. The molecule has 3 N–H and O–H groups in total. The first-order valence-corrected chi connectivity index (χ1v) is 5.45. The summed E-state index contributed by atoms with van der Waals surface area (Å²) in [6.45, 7) is 1.71. The van der Waals surface area contributed by atoms with E-state index < -0.39 is 0 Å². The van der Waals surface area contributed by atoms with Crippen LogP contribution in [0.3, 0.4) is 0 Å². The number of nitrogens with zero attached hydrogens (tertiary/aromatic N) is 1. The highest BCUT2D eigenvalue weighted by atomic mass is 16.3. The first-order valence-electron chi connectivity index (χ1n) is 5.45. The van der Waals surface area contributed by atoms with E-state index in [0.29, 0.717) is 35.5 Å². The third kappa shape index (κ3) is 2.20. The number of hydrogen-bond donors (Lipinski definition) is 2. The number of nitrogen functional groups attached to an aromatic ring is 1. The van der Waals surface area contributed by atoms with Crippen molar-refractivity contribution in [3.63, 3.8) is 0 Å². The second-order valence-corrected chi connectivity index (χ2v) is 4.00. The van der Waals surface area contributed by atoms with Crippen molar-refractivity contribution in [2.24, 2.45) is 4.99 Å². The summed E-state index contributed by atoms with van der Waals surface area (Å²) in [6, 6.07) is 7.17. The number of carbonyl (C=O) groups is 1. The van der Waals surface area contributed by atoms with Gasteiger partial charge in [0.2, 0.25) is 0 Å². The molecule has 0 spiro atoms. The number of hydrogen-bond acceptors (Lipinski definition) is 4. The fourth-order valence-corrected chi connectivity index (χ4v) is 1.88. The highest BCUT2D eigenvalue weighted by molar-refractivity contribution is 6.23. The van der Waals surface area contributed by atoms with Crippen LogP contribution in [0.5, 0.6) is 0 Å². The Labute approximate surface area is 99.5 Å². The third-order valence-electron chi connectivity index (χ3n) is 2.74. The smallest absolute Gasteiger partial charge is 0.168 e. The number of Topliss-reactive ketones (excluding diaryl/α,β-unsaturated/α-hetero) is 1. The molecule has 0 saturated heterocycles. The minimum absolute atomic E-state index is 0.0572. The maximum atomic E-state index is 11.6. The number of nitrogens with two attached hydrogens (primary N) is 1. The molecular formula is C13H14N2O2. The van der Waals surface area contributed by atoms with Crippen LogP contribution in [0.1, 0.15) is 19.8 Å². The van der Waals surface area contributed by atoms with Gasteiger partial charge in [0.05, 0.1) is 22.7 Å². The van der Waals surface area contributed by atoms with Crippen molar-refractivity contribution >= 4 is 22.9 Å². The molecule has 4 heteroatoms. The Balaban J connectivity index is 2.39. The summed E-state index contributed by atoms with van der Waals surface area (Å²) in [5.74, 6) is 0.0732. The van der Waals surface area contributed by atoms with E-state index in [1.807, 2.05) is 12.1 Å². The highest BCUT2D eigenvalue weighted by Crippen LogP contribution is 2.26. The molecule has 0 aromatic heterocycles. The van der Waals surface area contributed by atoms with E-state index in [0.717, 1.165) is 0 Å². The third-order valence-corrected chi connectivity index (χ3v) is 2.74. The Bertz CT molecular complexity index is 530. The number of aliphatic hydroxyl groups is 1. The van der Waals surface area contributed by atoms with Gasteiger partial charge in [-0.05, 0) is 19.1 Å². The molecule has 1 aliphatic rings. The van der Waals surface area contributed by atoms with Gasteiger partial charge in [0.25, 0.3) is 0 Å². The molecular weight excluding hydrogens is 216 g/mol. The SMILES string of the molecule is CC(=Nc1ccccc1N)C1=C(O)CCC1=O. The molecule has 88 valence electrons. The lowest BCUT2D eigenvalue weighted by atomic mass is 10.1. The van der Waals surface area contributed by atoms with Gasteiger partial charge in [-0.15, -0.1) is 0 Å². The maximum Gasteiger partial charge on any atom is 0.168 e. The largest absolute Gasteiger partial charge is 0.511 e. The molecule has 0 aliphatic heterocycles. The minimum Gasteiger partial charge on any atom is -0.511 e. The maximum absolute atomic E-state index is 11.6. The van der Waals surface area contributed by atoms with Crippen molar-refractivity contribution < 1.29 is 9.90 Å². The number of benzene rings is 1. The lowest BCUT2D eigenvalue weighted by Gasteiger charge is -2.03. The zero-order valence-electron chi connectivity index (χ0n) is 9.60. The van der Waals surface area contributed by atoms with E-state index in [-0.39, 0.29) is 11.5 Å². The number of ketones is 1. The van der Waals surface area contributed by atoms with Gasteiger partial charge in [-0.3, -0.25) is 9.79 Å². The van der Waals surface area contributed by atoms with E-state index in [1.54, 1.807) is 19.1 Å². The molecule has 1 aliphatic carbocycles. The number of aliphatic imine (C=N–C) groups is 1. The van der Waals surface area contributed by atoms with Crippen LogP contribution in [0.15, 0.2) is 40.6 Å². The molecule has 0 heterocycles. The van der Waals surface area contributed by atoms with Crippen molar-refractivity contribution in [2.75, 3.05) is 5.73 Å². The number of rotatable bonds is 2. The molecule has 0 unspecified atom stereocenters. The van der Waals surface area contributed by atoms with Crippen molar-refractivity contribution in [3.8, 4) is 0 Å². The predicted octanol–water partition coefficient (Wildman–Crippen LogP) is 2.54. The normalized spacial score (nSPS) is 16.8. The number of carbonyl (C=O) groups excluding carboxylic acids is 1. The van der Waals surface area contributed by atoms with Crippen LogP contribution in [0.4, 0.5) is 11.4 Å². The fraction of sp³-hybridized carbons (Fsp3) is 0.231. The molecule has 0 bridgehead atoms. The van der Waals surface area contributed by atoms with Crippen LogP contribution in [-0.2, 0) is 4.79 Å². The van der Waals surface area contributed by atoms with E-state index in [4.69, 9.17) is 5.73 Å². The lowest BCUT2D eigenvalue weighted by molar-refractivity contribution is -0.114. The van der Waals surface area contributed by atoms with Gasteiger partial charge in [-0.1, -0.05) is 12.1 Å². The Morgan fingerprint density at radius 2 is 2.06 bits per heavy atom. The highest BCUT2D eigenvalue weighted by Gasteiger charge is 2.24. The topological polar surface area (TPSA) is 75.7 Å². The standard InChI is InChI=1S/C13H14N2O2/c1-8(13-11(16)6-7-12(13)17)15-10-5-3-2-4-9(10)14/h2-5,16H,6-7,14H2,1H3. The molecule has 1 aromatic rings. The zero-order valence-corrected chi connectivity index (χ0v) is 9.60. The van der Waals surface area contributed by atoms with E-state index >= 15 is 0 Å². The summed E-state index contributed by atoms with van der Waals surface area (Å²) in [5.41, 5.74) is 7.79. The average Bonchev–Trinajstić information content (AvgIpc) is 2.62. The molecule has 0 fully saturated rings. The minimum atomic E-state index is -0.0572. The van der Waals surface area contributed by atoms with E-state index in [9.17, 15) is 9.90 Å². The van der Waals surface area contributed by atoms with Crippen LogP contribution >= 0.6 is 0 Å². The quantitative estimate of drug-likeness (QED) is 0.605. The molecule has 0 saturated carbocycles. The lowest BCUT2D eigenvalue weighted by Crippen LogP contribution is -2.06. The van der Waals surface area contributed by atoms with Gasteiger partial charge in [0, 0.05) is 12.8 Å². The molecule has 0 amide bonds. The number of para-hydroxylation sites is 2. The van der Waals surface area contributed by atoms with Gasteiger partial charge in [0.15, 0.2) is 5.78 Å². The molecule has 0 radical (unpaired) electrons. The zero-order chi connectivity index (χ0) is 12.4.